The van der Waals surface area contributed by atoms with Crippen molar-refractivity contribution < 1.29 is 9.53 Å². The summed E-state index contributed by atoms with van der Waals surface area (Å²) in [6, 6.07) is 25.1. The van der Waals surface area contributed by atoms with Crippen LogP contribution < -0.4 is 10.5 Å². The summed E-state index contributed by atoms with van der Waals surface area (Å²) >= 11 is 0. The van der Waals surface area contributed by atoms with Crippen LogP contribution in [0.15, 0.2) is 72.8 Å². The summed E-state index contributed by atoms with van der Waals surface area (Å²) in [5.41, 5.74) is 10.9. The highest BCUT2D eigenvalue weighted by molar-refractivity contribution is 5.88. The maximum absolute atomic E-state index is 11.3. The molecule has 1 aliphatic rings. The maximum atomic E-state index is 11.3. The first-order chi connectivity index (χ1) is 16.9. The number of nitrogens with zero attached hydrogens (tertiary/aromatic N) is 4. The molecule has 7 heteroatoms. The number of primary amides is 1. The smallest absolute Gasteiger partial charge is 0.288 e. The molecule has 1 saturated heterocycles. The first-order valence-corrected chi connectivity index (χ1v) is 11.8. The molecule has 2 N–H and O–H groups in total. The Morgan fingerprint density at radius 3 is 2.11 bits per heavy atom. The van der Waals surface area contributed by atoms with Gasteiger partial charge in [-0.2, -0.15) is 0 Å². The van der Waals surface area contributed by atoms with Gasteiger partial charge in [-0.25, -0.2) is 9.67 Å². The molecule has 0 bridgehead atoms. The van der Waals surface area contributed by atoms with Crippen LogP contribution >= 0.6 is 0 Å². The Bertz CT molecular complexity index is 1310. The van der Waals surface area contributed by atoms with Gasteiger partial charge in [0.15, 0.2) is 0 Å². The number of rotatable bonds is 7. The second-order valence-electron chi connectivity index (χ2n) is 9.11. The number of amides is 1. The van der Waals surface area contributed by atoms with Crippen molar-refractivity contribution in [3.05, 3.63) is 95.6 Å². The molecule has 0 radical (unpaired) electrons. The van der Waals surface area contributed by atoms with Gasteiger partial charge in [-0.15, -0.1) is 5.10 Å². The van der Waals surface area contributed by atoms with Crippen molar-refractivity contribution >= 4 is 5.91 Å². The van der Waals surface area contributed by atoms with Gasteiger partial charge in [0.05, 0.1) is 5.69 Å². The number of likely N-dealkylation sites (tertiary alicyclic amines) is 1. The van der Waals surface area contributed by atoms with E-state index >= 15 is 0 Å². The van der Waals surface area contributed by atoms with Gasteiger partial charge in [-0.1, -0.05) is 48.5 Å². The van der Waals surface area contributed by atoms with E-state index < -0.39 is 5.91 Å². The SMILES string of the molecule is Cc1nc(C(N)=O)nn1-c1ccc(Cc2ccc(-c3ccc(O[C@H]4CCN(C)C4)cc3)cc2)cc1. The van der Waals surface area contributed by atoms with Crippen LogP contribution in [0.3, 0.4) is 0 Å². The van der Waals surface area contributed by atoms with Crippen LogP contribution in [0.4, 0.5) is 0 Å². The number of aromatic nitrogens is 3. The van der Waals surface area contributed by atoms with Crippen LogP contribution in [0.25, 0.3) is 16.8 Å². The van der Waals surface area contributed by atoms with Crippen LogP contribution in [0.2, 0.25) is 0 Å². The van der Waals surface area contributed by atoms with E-state index in [-0.39, 0.29) is 11.9 Å². The lowest BCUT2D eigenvalue weighted by Crippen LogP contribution is -2.21. The highest BCUT2D eigenvalue weighted by Crippen LogP contribution is 2.25. The highest BCUT2D eigenvalue weighted by atomic mass is 16.5. The van der Waals surface area contributed by atoms with Crippen molar-refractivity contribution in [3.63, 3.8) is 0 Å². The molecule has 1 amide bonds. The van der Waals surface area contributed by atoms with E-state index in [9.17, 15) is 4.79 Å². The number of ether oxygens (including phenoxy) is 1. The number of carbonyl (C=O) groups excluding carboxylic acids is 1. The number of aryl methyl sites for hydroxylation is 1. The van der Waals surface area contributed by atoms with Crippen molar-refractivity contribution in [1.82, 2.24) is 19.7 Å². The average molecular weight is 468 g/mol. The van der Waals surface area contributed by atoms with Gasteiger partial charge in [-0.3, -0.25) is 4.79 Å². The first-order valence-electron chi connectivity index (χ1n) is 11.8. The fraction of sp³-hybridized carbons (Fsp3) is 0.250. The van der Waals surface area contributed by atoms with E-state index in [2.05, 4.69) is 82.7 Å². The predicted octanol–water partition coefficient (Wildman–Crippen LogP) is 4.02. The molecule has 7 nitrogen and oxygen atoms in total. The monoisotopic (exact) mass is 467 g/mol. The fourth-order valence-electron chi connectivity index (χ4n) is 4.45. The van der Waals surface area contributed by atoms with E-state index in [0.717, 1.165) is 37.4 Å². The molecule has 4 aromatic rings. The quantitative estimate of drug-likeness (QED) is 0.444. The molecule has 0 aliphatic carbocycles. The van der Waals surface area contributed by atoms with Crippen LogP contribution in [0.5, 0.6) is 5.75 Å². The number of hydrogen-bond acceptors (Lipinski definition) is 5. The molecule has 5 rings (SSSR count). The van der Waals surface area contributed by atoms with E-state index in [1.165, 1.54) is 22.3 Å². The van der Waals surface area contributed by atoms with Gasteiger partial charge < -0.3 is 15.4 Å². The zero-order valence-corrected chi connectivity index (χ0v) is 20.0. The molecule has 1 aliphatic heterocycles. The van der Waals surface area contributed by atoms with E-state index in [1.807, 2.05) is 12.1 Å². The lowest BCUT2D eigenvalue weighted by Gasteiger charge is -2.14. The molecule has 2 heterocycles. The van der Waals surface area contributed by atoms with Gasteiger partial charge >= 0.3 is 0 Å². The highest BCUT2D eigenvalue weighted by Gasteiger charge is 2.20. The Labute approximate surface area is 205 Å². The molecule has 0 saturated carbocycles. The van der Waals surface area contributed by atoms with Gasteiger partial charge in [0.25, 0.3) is 5.91 Å². The van der Waals surface area contributed by atoms with Gasteiger partial charge in [0, 0.05) is 13.1 Å². The minimum atomic E-state index is -0.631. The number of hydrogen-bond donors (Lipinski definition) is 1. The molecule has 0 spiro atoms. The summed E-state index contributed by atoms with van der Waals surface area (Å²) in [6.45, 7) is 3.88. The van der Waals surface area contributed by atoms with Crippen LogP contribution in [-0.2, 0) is 6.42 Å². The third-order valence-electron chi connectivity index (χ3n) is 6.37. The molecule has 35 heavy (non-hydrogen) atoms. The Morgan fingerprint density at radius 2 is 1.57 bits per heavy atom. The summed E-state index contributed by atoms with van der Waals surface area (Å²) < 4.78 is 7.73. The Morgan fingerprint density at radius 1 is 0.971 bits per heavy atom. The molecular formula is C28H29N5O2. The summed E-state index contributed by atoms with van der Waals surface area (Å²) in [7, 11) is 2.13. The van der Waals surface area contributed by atoms with E-state index in [4.69, 9.17) is 10.5 Å². The zero-order valence-electron chi connectivity index (χ0n) is 20.0. The lowest BCUT2D eigenvalue weighted by atomic mass is 10.00. The Balaban J connectivity index is 1.22. The van der Waals surface area contributed by atoms with Crippen LogP contribution in [0, 0.1) is 6.92 Å². The molecule has 1 atom stereocenters. The summed E-state index contributed by atoms with van der Waals surface area (Å²) in [5.74, 6) is 0.942. The molecule has 0 unspecified atom stereocenters. The predicted molar refractivity (Wildman–Crippen MR) is 136 cm³/mol. The lowest BCUT2D eigenvalue weighted by molar-refractivity contribution is 0.0990. The Kier molecular flexibility index (Phi) is 6.33. The summed E-state index contributed by atoms with van der Waals surface area (Å²) in [6.07, 6.45) is 2.19. The minimum Gasteiger partial charge on any atom is -0.489 e. The normalized spacial score (nSPS) is 15.9. The molecule has 3 aromatic carbocycles. The maximum Gasteiger partial charge on any atom is 0.288 e. The molecular weight excluding hydrogens is 438 g/mol. The second-order valence-corrected chi connectivity index (χ2v) is 9.11. The first kappa shape index (κ1) is 22.8. The Hall–Kier alpha value is -3.97. The van der Waals surface area contributed by atoms with E-state index in [0.29, 0.717) is 5.82 Å². The largest absolute Gasteiger partial charge is 0.489 e. The van der Waals surface area contributed by atoms with Crippen molar-refractivity contribution in [3.8, 4) is 22.6 Å². The fourth-order valence-corrected chi connectivity index (χ4v) is 4.45. The minimum absolute atomic E-state index is 0.0236. The van der Waals surface area contributed by atoms with E-state index in [1.54, 1.807) is 11.6 Å². The van der Waals surface area contributed by atoms with Crippen molar-refractivity contribution in [2.75, 3.05) is 20.1 Å². The van der Waals surface area contributed by atoms with Crippen molar-refractivity contribution in [2.45, 2.75) is 25.9 Å². The van der Waals surface area contributed by atoms with Crippen molar-refractivity contribution in [1.29, 1.82) is 0 Å². The number of likely N-dealkylation sites (N-methyl/N-ethyl adjacent to an activating group) is 1. The van der Waals surface area contributed by atoms with Crippen LogP contribution in [-0.4, -0.2) is 51.8 Å². The standard InChI is InChI=1S/C28H29N5O2/c1-19-30-28(27(29)34)31-33(19)24-11-5-21(6-12-24)17-20-3-7-22(8-4-20)23-9-13-25(14-10-23)35-26-15-16-32(2)18-26/h3-14,26H,15-18H2,1-2H3,(H2,29,34)/t26-/m0/s1. The molecule has 1 fully saturated rings. The van der Waals surface area contributed by atoms with Crippen molar-refractivity contribution in [2.24, 2.45) is 5.73 Å². The molecule has 178 valence electrons. The van der Waals surface area contributed by atoms with Gasteiger partial charge in [0.1, 0.15) is 17.7 Å². The van der Waals surface area contributed by atoms with Gasteiger partial charge in [0.2, 0.25) is 5.82 Å². The van der Waals surface area contributed by atoms with Crippen LogP contribution in [0.1, 0.15) is 34.0 Å². The topological polar surface area (TPSA) is 86.3 Å². The zero-order chi connectivity index (χ0) is 24.4. The third kappa shape index (κ3) is 5.25. The second kappa shape index (κ2) is 9.72. The number of benzene rings is 3. The summed E-state index contributed by atoms with van der Waals surface area (Å²) in [4.78, 5) is 17.7. The molecule has 1 aromatic heterocycles. The van der Waals surface area contributed by atoms with Gasteiger partial charge in [-0.05, 0) is 73.3 Å². The number of carbonyl (C=O) groups is 1. The third-order valence-corrected chi connectivity index (χ3v) is 6.37. The number of nitrogens with two attached hydrogens (primary N) is 1. The summed E-state index contributed by atoms with van der Waals surface area (Å²) in [5, 5.41) is 4.19. The average Bonchev–Trinajstić information content (AvgIpc) is 3.46.